The van der Waals surface area contributed by atoms with E-state index in [0.29, 0.717) is 0 Å². The van der Waals surface area contributed by atoms with Crippen molar-refractivity contribution in [1.29, 1.82) is 2.86 Å². The Hall–Kier alpha value is -2.33. The van der Waals surface area contributed by atoms with Crippen LogP contribution in [0.5, 0.6) is 0 Å². The summed E-state index contributed by atoms with van der Waals surface area (Å²) in [6.45, 7) is 3.73. The molecule has 13 nitrogen and oxygen atoms in total. The SMILES string of the molecule is [2H]OC(O)C(C)(C)O/N=C(\C(=O)N([2H])[C@@H]1C(=O)N(S(=O)(=O)O[2H])[C@H]1C)c1csc(N([2H])[2H])n1. The zero-order valence-electron chi connectivity index (χ0n) is 19.7. The smallest absolute Gasteiger partial charge is 0.362 e. The molecule has 0 spiro atoms. The molecule has 1 saturated heterocycles. The Morgan fingerprint density at radius 3 is 2.93 bits per heavy atom. The minimum Gasteiger partial charge on any atom is -0.384 e. The van der Waals surface area contributed by atoms with Crippen LogP contribution in [0.2, 0.25) is 4.24 Å². The summed E-state index contributed by atoms with van der Waals surface area (Å²) in [5.74, 6) is -2.49. The molecule has 0 saturated carbocycles. The summed E-state index contributed by atoms with van der Waals surface area (Å²) in [6.07, 6.45) is -1.80. The average Bonchev–Trinajstić information content (AvgIpc) is 3.23. The van der Waals surface area contributed by atoms with E-state index >= 15 is 0 Å². The van der Waals surface area contributed by atoms with Crippen molar-refractivity contribution in [2.24, 2.45) is 5.16 Å². The third-order valence-electron chi connectivity index (χ3n) is 3.70. The number of carbonyl (C=O) groups excluding carboxylic acids is 2. The molecule has 2 rings (SSSR count). The van der Waals surface area contributed by atoms with Gasteiger partial charge in [-0.3, -0.25) is 14.1 Å². The largest absolute Gasteiger partial charge is 0.384 e. The van der Waals surface area contributed by atoms with Gasteiger partial charge in [-0.25, -0.2) is 9.29 Å². The molecule has 1 fully saturated rings. The first-order valence-corrected chi connectivity index (χ1v) is 9.79. The standard InChI is InChI=1S/C13H19N5O8S2/c1-5-7(10(20)18(5)28(23,24)25)16-9(19)8(6-4-27-12(14)15-6)17-26-13(2,3)11(21)22/h4-5,7,11,21-22H,1-3H3,(H2,14,15)(H,16,19)(H,23,24,25)/b17-8-/t5-,7-/m0/s1/i21D/hD4/t5-,7-,11?. The lowest BCUT2D eigenvalue weighted by Gasteiger charge is -2.42. The van der Waals surface area contributed by atoms with Crippen LogP contribution in [-0.2, 0) is 24.7 Å². The molecule has 156 valence electrons. The van der Waals surface area contributed by atoms with E-state index in [9.17, 15) is 23.1 Å². The zero-order valence-corrected chi connectivity index (χ0v) is 16.3. The number of thiazole rings is 1. The minimum atomic E-state index is -4.72. The van der Waals surface area contributed by atoms with Crippen molar-refractivity contribution in [3.05, 3.63) is 11.1 Å². The van der Waals surface area contributed by atoms with Crippen molar-refractivity contribution >= 4 is 44.3 Å². The summed E-state index contributed by atoms with van der Waals surface area (Å²) in [5.41, 5.74) is -2.45. The van der Waals surface area contributed by atoms with Crippen molar-refractivity contribution in [1.82, 2.24) is 14.6 Å². The molecule has 15 heteroatoms. The van der Waals surface area contributed by atoms with Gasteiger partial charge in [0.25, 0.3) is 11.8 Å². The van der Waals surface area contributed by atoms with Gasteiger partial charge < -0.3 is 26.1 Å². The van der Waals surface area contributed by atoms with Gasteiger partial charge in [0.05, 0.1) is 6.04 Å². The molecule has 1 aliphatic rings. The van der Waals surface area contributed by atoms with Crippen LogP contribution in [0.1, 0.15) is 26.5 Å². The fourth-order valence-corrected chi connectivity index (χ4v) is 3.41. The molecule has 28 heavy (non-hydrogen) atoms. The van der Waals surface area contributed by atoms with E-state index in [1.54, 1.807) is 0 Å². The molecule has 1 aliphatic heterocycles. The summed E-state index contributed by atoms with van der Waals surface area (Å²) in [4.78, 5) is 34.2. The molecular weight excluding hydrogens is 418 g/mol. The van der Waals surface area contributed by atoms with Crippen molar-refractivity contribution in [3.63, 3.8) is 0 Å². The van der Waals surface area contributed by atoms with Crippen LogP contribution in [0.15, 0.2) is 10.5 Å². The molecule has 0 aromatic carbocycles. The highest BCUT2D eigenvalue weighted by Crippen LogP contribution is 2.23. The summed E-state index contributed by atoms with van der Waals surface area (Å²) in [6, 6.07) is -2.85. The van der Waals surface area contributed by atoms with Gasteiger partial charge in [0.15, 0.2) is 27.0 Å². The van der Waals surface area contributed by atoms with Crippen molar-refractivity contribution < 1.29 is 41.9 Å². The summed E-state index contributed by atoms with van der Waals surface area (Å²) in [7, 11) is -4.72. The van der Waals surface area contributed by atoms with E-state index in [1.165, 1.54) is 26.2 Å². The van der Waals surface area contributed by atoms with Gasteiger partial charge in [-0.05, 0) is 20.8 Å². The van der Waals surface area contributed by atoms with Gasteiger partial charge in [-0.1, -0.05) is 5.16 Å². The number of hydrogen-bond acceptors (Lipinski definition) is 12. The van der Waals surface area contributed by atoms with Crippen LogP contribution in [-0.4, -0.2) is 75.4 Å². The van der Waals surface area contributed by atoms with E-state index in [0.717, 1.165) is 11.3 Å². The van der Waals surface area contributed by atoms with Crippen LogP contribution in [0, 0.1) is 0 Å². The highest BCUT2D eigenvalue weighted by molar-refractivity contribution is 7.84. The van der Waals surface area contributed by atoms with Crippen molar-refractivity contribution in [2.75, 3.05) is 5.72 Å². The van der Waals surface area contributed by atoms with Crippen LogP contribution < -0.4 is 11.0 Å². The summed E-state index contributed by atoms with van der Waals surface area (Å²) in [5, 5.41) is 18.5. The molecule has 2 heterocycles. The lowest BCUT2D eigenvalue weighted by Crippen LogP contribution is -2.71. The second kappa shape index (κ2) is 7.59. The van der Waals surface area contributed by atoms with E-state index in [2.05, 4.69) is 19.8 Å². The van der Waals surface area contributed by atoms with E-state index in [-0.39, 0.29) is 26.2 Å². The van der Waals surface area contributed by atoms with Gasteiger partial charge in [0, 0.05) is 5.38 Å². The molecule has 6 N–H and O–H groups in total. The Balaban J connectivity index is 2.39. The van der Waals surface area contributed by atoms with Crippen molar-refractivity contribution in [2.45, 2.75) is 44.7 Å². The van der Waals surface area contributed by atoms with Gasteiger partial charge >= 0.3 is 10.3 Å². The molecule has 0 radical (unpaired) electrons. The lowest BCUT2D eigenvalue weighted by atomic mass is 10.0. The number of nitrogens with one attached hydrogen (secondary N) is 1. The fourth-order valence-electron chi connectivity index (χ4n) is 2.02. The summed E-state index contributed by atoms with van der Waals surface area (Å²) < 4.78 is 63.0. The number of oxime groups is 1. The number of nitrogen functional groups attached to an aromatic ring is 1. The maximum Gasteiger partial charge on any atom is 0.362 e. The number of aromatic nitrogens is 1. The second-order valence-corrected chi connectivity index (χ2v) is 8.30. The van der Waals surface area contributed by atoms with Gasteiger partial charge in [0.1, 0.15) is 11.7 Å². The number of aliphatic hydroxyl groups excluding tert-OH is 1. The first kappa shape index (κ1) is 15.6. The maximum atomic E-state index is 13.0. The number of hydrogen-bond donors (Lipinski definition) is 5. The zero-order chi connectivity index (χ0) is 25.3. The maximum absolute atomic E-state index is 13.0. The first-order chi connectivity index (χ1) is 15.2. The first-order valence-electron chi connectivity index (χ1n) is 9.70. The van der Waals surface area contributed by atoms with Crippen LogP contribution in [0.25, 0.3) is 1.43 Å². The number of carbonyl (C=O) groups is 2. The quantitative estimate of drug-likeness (QED) is 0.0890. The highest BCUT2D eigenvalue weighted by atomic mass is 32.2. The topological polar surface area (TPSA) is 205 Å². The fraction of sp³-hybridized carbons (Fsp3) is 0.538. The highest BCUT2D eigenvalue weighted by Gasteiger charge is 2.51. The number of nitrogens with two attached hydrogens (primary N) is 1. The lowest BCUT2D eigenvalue weighted by molar-refractivity contribution is -0.192. The van der Waals surface area contributed by atoms with E-state index in [1.807, 2.05) is 0 Å². The molecule has 0 bridgehead atoms. The van der Waals surface area contributed by atoms with Gasteiger partial charge in [-0.15, -0.1) is 11.3 Å². The average molecular weight is 442 g/mol. The van der Waals surface area contributed by atoms with Crippen LogP contribution in [0.4, 0.5) is 5.13 Å². The third kappa shape index (κ3) is 4.39. The molecule has 2 amide bonds. The summed E-state index contributed by atoms with van der Waals surface area (Å²) >= 11 is 0.771. The molecular formula is C13H19N5O8S2. The predicted molar refractivity (Wildman–Crippen MR) is 96.2 cm³/mol. The molecule has 1 aromatic heterocycles. The Labute approximate surface area is 171 Å². The van der Waals surface area contributed by atoms with Crippen LogP contribution >= 0.6 is 11.3 Å². The Morgan fingerprint density at radius 2 is 2.39 bits per heavy atom. The van der Waals surface area contributed by atoms with Crippen LogP contribution in [0.3, 0.4) is 0 Å². The van der Waals surface area contributed by atoms with Gasteiger partial charge in [-0.2, -0.15) is 8.42 Å². The van der Waals surface area contributed by atoms with E-state index < -0.39 is 51.8 Å². The number of rotatable bonds is 10. The predicted octanol–water partition coefficient (Wildman–Crippen LogP) is -1.95. The number of β-lactam (4-membered cyclic amide) rings is 1. The number of aliphatic hydroxyl groups is 2. The van der Waals surface area contributed by atoms with E-state index in [4.69, 9.17) is 11.9 Å². The number of anilines is 1. The molecule has 0 aliphatic carbocycles. The van der Waals surface area contributed by atoms with Gasteiger partial charge in [0.2, 0.25) is 2.86 Å². The normalized spacial score (nSPS) is 24.1. The van der Waals surface area contributed by atoms with Crippen molar-refractivity contribution in [3.8, 4) is 0 Å². The molecule has 1 unspecified atom stereocenters. The Morgan fingerprint density at radius 1 is 1.68 bits per heavy atom. The third-order valence-corrected chi connectivity index (χ3v) is 5.34. The molecule has 3 atom stereocenters. The monoisotopic (exact) mass is 442 g/mol. The molecule has 1 aromatic rings. The number of amides is 2. The Kier molecular flexibility index (Phi) is 4.22. The minimum absolute atomic E-state index is 0.133. The second-order valence-electron chi connectivity index (χ2n) is 6.21. The number of nitrogens with zero attached hydrogens (tertiary/aromatic N) is 3. The Bertz CT molecular complexity index is 1040.